The van der Waals surface area contributed by atoms with Crippen molar-refractivity contribution < 1.29 is 13.9 Å². The maximum atomic E-state index is 11.3. The SMILES string of the molecule is COC(=O)c1coc(CNc2nnc(CC(C)C)s2)c1. The lowest BCUT2D eigenvalue weighted by Gasteiger charge is -1.98. The lowest BCUT2D eigenvalue weighted by Crippen LogP contribution is -2.00. The monoisotopic (exact) mass is 295 g/mol. The van der Waals surface area contributed by atoms with Crippen molar-refractivity contribution in [1.29, 1.82) is 0 Å². The van der Waals surface area contributed by atoms with E-state index >= 15 is 0 Å². The van der Waals surface area contributed by atoms with Gasteiger partial charge < -0.3 is 14.5 Å². The highest BCUT2D eigenvalue weighted by Crippen LogP contribution is 2.19. The molecule has 0 amide bonds. The fraction of sp³-hybridized carbons (Fsp3) is 0.462. The van der Waals surface area contributed by atoms with E-state index < -0.39 is 5.97 Å². The molecule has 2 aromatic rings. The fourth-order valence-corrected chi connectivity index (χ4v) is 2.57. The Morgan fingerprint density at radius 1 is 1.50 bits per heavy atom. The van der Waals surface area contributed by atoms with Crippen LogP contribution < -0.4 is 5.32 Å². The number of methoxy groups -OCH3 is 1. The van der Waals surface area contributed by atoms with Gasteiger partial charge in [0.25, 0.3) is 0 Å². The number of rotatable bonds is 6. The van der Waals surface area contributed by atoms with Crippen LogP contribution in [0.1, 0.15) is 35.0 Å². The molecule has 0 aliphatic rings. The van der Waals surface area contributed by atoms with Crippen LogP contribution in [0.3, 0.4) is 0 Å². The van der Waals surface area contributed by atoms with Gasteiger partial charge in [0.2, 0.25) is 5.13 Å². The number of nitrogens with zero attached hydrogens (tertiary/aromatic N) is 2. The second kappa shape index (κ2) is 6.51. The number of hydrogen-bond donors (Lipinski definition) is 1. The van der Waals surface area contributed by atoms with Crippen LogP contribution >= 0.6 is 11.3 Å². The van der Waals surface area contributed by atoms with E-state index in [0.29, 0.717) is 23.8 Å². The number of carbonyl (C=O) groups is 1. The molecule has 0 bridgehead atoms. The number of aromatic nitrogens is 2. The number of furan rings is 1. The first-order valence-electron chi connectivity index (χ1n) is 6.30. The summed E-state index contributed by atoms with van der Waals surface area (Å²) < 4.78 is 9.89. The summed E-state index contributed by atoms with van der Waals surface area (Å²) in [6.07, 6.45) is 2.31. The molecule has 0 fully saturated rings. The first-order chi connectivity index (χ1) is 9.58. The van der Waals surface area contributed by atoms with Crippen LogP contribution in [0.25, 0.3) is 0 Å². The summed E-state index contributed by atoms with van der Waals surface area (Å²) in [6, 6.07) is 1.65. The molecule has 7 heteroatoms. The van der Waals surface area contributed by atoms with E-state index in [1.807, 2.05) is 0 Å². The lowest BCUT2D eigenvalue weighted by molar-refractivity contribution is 0.0600. The van der Waals surface area contributed by atoms with E-state index in [1.165, 1.54) is 24.7 Å². The fourth-order valence-electron chi connectivity index (χ4n) is 1.62. The van der Waals surface area contributed by atoms with E-state index in [2.05, 4.69) is 34.1 Å². The Morgan fingerprint density at radius 2 is 2.30 bits per heavy atom. The zero-order chi connectivity index (χ0) is 14.5. The molecule has 6 nitrogen and oxygen atoms in total. The van der Waals surface area contributed by atoms with E-state index in [0.717, 1.165) is 16.6 Å². The van der Waals surface area contributed by atoms with Gasteiger partial charge in [-0.1, -0.05) is 25.2 Å². The van der Waals surface area contributed by atoms with Gasteiger partial charge in [-0.2, -0.15) is 0 Å². The first kappa shape index (κ1) is 14.5. The van der Waals surface area contributed by atoms with Crippen molar-refractivity contribution in [3.05, 3.63) is 28.7 Å². The molecule has 0 saturated heterocycles. The Bertz CT molecular complexity index is 577. The third kappa shape index (κ3) is 3.80. The normalized spacial score (nSPS) is 10.8. The molecule has 20 heavy (non-hydrogen) atoms. The van der Waals surface area contributed by atoms with Gasteiger partial charge in [0.05, 0.1) is 19.2 Å². The van der Waals surface area contributed by atoms with Crippen molar-refractivity contribution in [1.82, 2.24) is 10.2 Å². The summed E-state index contributed by atoms with van der Waals surface area (Å²) in [5.41, 5.74) is 0.405. The van der Waals surface area contributed by atoms with Crippen LogP contribution in [0.15, 0.2) is 16.7 Å². The van der Waals surface area contributed by atoms with Gasteiger partial charge in [0, 0.05) is 6.42 Å². The van der Waals surface area contributed by atoms with Crippen molar-refractivity contribution in [2.45, 2.75) is 26.8 Å². The van der Waals surface area contributed by atoms with Crippen molar-refractivity contribution in [2.24, 2.45) is 5.92 Å². The van der Waals surface area contributed by atoms with Gasteiger partial charge in [-0.25, -0.2) is 4.79 Å². The number of ether oxygens (including phenoxy) is 1. The zero-order valence-corrected chi connectivity index (χ0v) is 12.5. The van der Waals surface area contributed by atoms with E-state index in [9.17, 15) is 4.79 Å². The second-order valence-corrected chi connectivity index (χ2v) is 5.81. The van der Waals surface area contributed by atoms with E-state index in [4.69, 9.17) is 4.42 Å². The summed E-state index contributed by atoms with van der Waals surface area (Å²) in [6.45, 7) is 4.74. The smallest absolute Gasteiger partial charge is 0.341 e. The highest BCUT2D eigenvalue weighted by atomic mass is 32.1. The maximum absolute atomic E-state index is 11.3. The molecule has 2 rings (SSSR count). The predicted molar refractivity (Wildman–Crippen MR) is 75.8 cm³/mol. The summed E-state index contributed by atoms with van der Waals surface area (Å²) >= 11 is 1.53. The molecule has 0 aliphatic carbocycles. The second-order valence-electron chi connectivity index (χ2n) is 4.75. The molecule has 1 N–H and O–H groups in total. The van der Waals surface area contributed by atoms with Gasteiger partial charge in [-0.3, -0.25) is 0 Å². The first-order valence-corrected chi connectivity index (χ1v) is 7.12. The summed E-state index contributed by atoms with van der Waals surface area (Å²) in [4.78, 5) is 11.3. The standard InChI is InChI=1S/C13H17N3O3S/c1-8(2)4-11-15-16-13(20-11)14-6-10-5-9(7-19-10)12(17)18-3/h5,7-8H,4,6H2,1-3H3,(H,14,16). The third-order valence-electron chi connectivity index (χ3n) is 2.54. The average Bonchev–Trinajstić information content (AvgIpc) is 3.04. The predicted octanol–water partition coefficient (Wildman–Crippen LogP) is 2.73. The molecular formula is C13H17N3O3S. The summed E-state index contributed by atoms with van der Waals surface area (Å²) in [5, 5.41) is 13.1. The van der Waals surface area contributed by atoms with Crippen LogP contribution in [0.4, 0.5) is 5.13 Å². The minimum atomic E-state index is -0.407. The van der Waals surface area contributed by atoms with E-state index in [1.54, 1.807) is 6.07 Å². The van der Waals surface area contributed by atoms with Crippen molar-refractivity contribution in [3.63, 3.8) is 0 Å². The Morgan fingerprint density at radius 3 is 3.00 bits per heavy atom. The van der Waals surface area contributed by atoms with Gasteiger partial charge in [0.1, 0.15) is 17.0 Å². The molecule has 0 aliphatic heterocycles. The van der Waals surface area contributed by atoms with Gasteiger partial charge in [-0.15, -0.1) is 10.2 Å². The van der Waals surface area contributed by atoms with Crippen LogP contribution in [-0.4, -0.2) is 23.3 Å². The highest BCUT2D eigenvalue weighted by molar-refractivity contribution is 7.15. The average molecular weight is 295 g/mol. The summed E-state index contributed by atoms with van der Waals surface area (Å²) in [5.74, 6) is 0.796. The van der Waals surface area contributed by atoms with Gasteiger partial charge in [0.15, 0.2) is 0 Å². The van der Waals surface area contributed by atoms with E-state index in [-0.39, 0.29) is 0 Å². The highest BCUT2D eigenvalue weighted by Gasteiger charge is 2.11. The van der Waals surface area contributed by atoms with Crippen LogP contribution in [0.2, 0.25) is 0 Å². The molecule has 0 atom stereocenters. The van der Waals surface area contributed by atoms with Crippen LogP contribution in [-0.2, 0) is 17.7 Å². The Labute approximate surface area is 121 Å². The maximum Gasteiger partial charge on any atom is 0.341 e. The Hall–Kier alpha value is -1.89. The number of hydrogen-bond acceptors (Lipinski definition) is 7. The molecule has 0 saturated carbocycles. The largest absolute Gasteiger partial charge is 0.467 e. The molecule has 0 unspecified atom stereocenters. The van der Waals surface area contributed by atoms with Crippen LogP contribution in [0, 0.1) is 5.92 Å². The number of anilines is 1. The number of carbonyl (C=O) groups excluding carboxylic acids is 1. The van der Waals surface area contributed by atoms with Crippen molar-refractivity contribution in [3.8, 4) is 0 Å². The minimum absolute atomic E-state index is 0.405. The Kier molecular flexibility index (Phi) is 4.73. The molecule has 2 aromatic heterocycles. The molecular weight excluding hydrogens is 278 g/mol. The lowest BCUT2D eigenvalue weighted by atomic mass is 10.1. The molecule has 0 aromatic carbocycles. The number of nitrogens with one attached hydrogen (secondary N) is 1. The Balaban J connectivity index is 1.90. The molecule has 0 spiro atoms. The van der Waals surface area contributed by atoms with Crippen molar-refractivity contribution >= 4 is 22.4 Å². The summed E-state index contributed by atoms with van der Waals surface area (Å²) in [7, 11) is 1.34. The topological polar surface area (TPSA) is 77.2 Å². The van der Waals surface area contributed by atoms with Gasteiger partial charge in [-0.05, 0) is 12.0 Å². The van der Waals surface area contributed by atoms with Crippen molar-refractivity contribution in [2.75, 3.05) is 12.4 Å². The molecule has 108 valence electrons. The quantitative estimate of drug-likeness (QED) is 0.826. The minimum Gasteiger partial charge on any atom is -0.467 e. The number of esters is 1. The third-order valence-corrected chi connectivity index (χ3v) is 3.44. The van der Waals surface area contributed by atoms with Crippen LogP contribution in [0.5, 0.6) is 0 Å². The zero-order valence-electron chi connectivity index (χ0n) is 11.7. The van der Waals surface area contributed by atoms with Gasteiger partial charge >= 0.3 is 5.97 Å². The molecule has 0 radical (unpaired) electrons. The molecule has 2 heterocycles.